The van der Waals surface area contributed by atoms with Crippen LogP contribution in [0.2, 0.25) is 5.02 Å². The average molecular weight is 483 g/mol. The van der Waals surface area contributed by atoms with E-state index in [9.17, 15) is 9.59 Å². The van der Waals surface area contributed by atoms with Gasteiger partial charge in [-0.25, -0.2) is 0 Å². The fraction of sp³-hybridized carbons (Fsp3) is 0.360. The molecule has 2 aliphatic heterocycles. The van der Waals surface area contributed by atoms with Gasteiger partial charge in [-0.3, -0.25) is 14.5 Å². The van der Waals surface area contributed by atoms with Crippen molar-refractivity contribution in [2.24, 2.45) is 0 Å². The van der Waals surface area contributed by atoms with Gasteiger partial charge in [0.1, 0.15) is 6.04 Å². The highest BCUT2D eigenvalue weighted by Crippen LogP contribution is 2.28. The number of rotatable bonds is 6. The molecule has 0 aliphatic carbocycles. The molecule has 2 aromatic carbocycles. The van der Waals surface area contributed by atoms with Gasteiger partial charge in [0.15, 0.2) is 0 Å². The van der Waals surface area contributed by atoms with Crippen molar-refractivity contribution in [3.8, 4) is 0 Å². The van der Waals surface area contributed by atoms with Gasteiger partial charge in [-0.15, -0.1) is 11.8 Å². The Morgan fingerprint density at radius 2 is 1.97 bits per heavy atom. The lowest BCUT2D eigenvalue weighted by atomic mass is 10.1. The molecule has 2 aliphatic rings. The van der Waals surface area contributed by atoms with E-state index in [4.69, 9.17) is 11.6 Å². The number of H-pyrrole nitrogens is 1. The monoisotopic (exact) mass is 482 g/mol. The summed E-state index contributed by atoms with van der Waals surface area (Å²) in [5.74, 6) is 0.911. The lowest BCUT2D eigenvalue weighted by Crippen LogP contribution is -2.49. The first-order valence-corrected chi connectivity index (χ1v) is 12.9. The third kappa shape index (κ3) is 4.63. The van der Waals surface area contributed by atoms with Crippen LogP contribution in [0.25, 0.3) is 10.9 Å². The van der Waals surface area contributed by atoms with E-state index in [1.54, 1.807) is 22.9 Å². The number of halogens is 1. The van der Waals surface area contributed by atoms with Crippen molar-refractivity contribution in [2.45, 2.75) is 24.9 Å². The molecular weight excluding hydrogens is 456 g/mol. The maximum atomic E-state index is 13.3. The summed E-state index contributed by atoms with van der Waals surface area (Å²) in [5.41, 5.74) is 2.64. The Hall–Kier alpha value is -2.48. The molecule has 3 aromatic rings. The minimum Gasteiger partial charge on any atom is -0.360 e. The second kappa shape index (κ2) is 9.79. The van der Waals surface area contributed by atoms with Gasteiger partial charge in [-0.1, -0.05) is 41.9 Å². The second-order valence-electron chi connectivity index (χ2n) is 8.60. The van der Waals surface area contributed by atoms with Crippen LogP contribution >= 0.6 is 23.4 Å². The molecule has 2 atom stereocenters. The number of nitrogens with zero attached hydrogens (tertiary/aromatic N) is 2. The highest BCUT2D eigenvalue weighted by Gasteiger charge is 2.36. The summed E-state index contributed by atoms with van der Waals surface area (Å²) in [6, 6.07) is 15.2. The molecule has 0 bridgehead atoms. The minimum atomic E-state index is -0.477. The minimum absolute atomic E-state index is 0.0713. The molecule has 6 nitrogen and oxygen atoms in total. The number of carbonyl (C=O) groups excluding carboxylic acids is 2. The molecule has 2 saturated heterocycles. The topological polar surface area (TPSA) is 68.4 Å². The lowest BCUT2D eigenvalue weighted by molar-refractivity contribution is -0.124. The second-order valence-corrected chi connectivity index (χ2v) is 10.0. The zero-order chi connectivity index (χ0) is 22.8. The molecular formula is C25H27ClN4O2S. The first kappa shape index (κ1) is 22.3. The molecule has 2 unspecified atom stereocenters. The third-order valence-electron chi connectivity index (χ3n) is 6.55. The van der Waals surface area contributed by atoms with Crippen LogP contribution in [-0.4, -0.2) is 63.9 Å². The fourth-order valence-electron chi connectivity index (χ4n) is 4.80. The molecule has 1 aromatic heterocycles. The predicted octanol–water partition coefficient (Wildman–Crippen LogP) is 4.29. The van der Waals surface area contributed by atoms with Gasteiger partial charge in [-0.2, -0.15) is 0 Å². The number of carbonyl (C=O) groups is 2. The van der Waals surface area contributed by atoms with E-state index in [1.807, 2.05) is 42.5 Å². The largest absolute Gasteiger partial charge is 0.360 e. The molecule has 0 saturated carbocycles. The number of aromatic amines is 1. The first-order chi connectivity index (χ1) is 16.1. The summed E-state index contributed by atoms with van der Waals surface area (Å²) in [6.07, 6.45) is 4.07. The van der Waals surface area contributed by atoms with Gasteiger partial charge < -0.3 is 15.2 Å². The van der Waals surface area contributed by atoms with Gasteiger partial charge >= 0.3 is 0 Å². The van der Waals surface area contributed by atoms with Crippen molar-refractivity contribution in [3.63, 3.8) is 0 Å². The Morgan fingerprint density at radius 1 is 1.15 bits per heavy atom. The molecule has 2 N–H and O–H groups in total. The van der Waals surface area contributed by atoms with Crippen LogP contribution in [0.5, 0.6) is 0 Å². The number of hydrogen-bond donors (Lipinski definition) is 2. The van der Waals surface area contributed by atoms with E-state index in [1.165, 1.54) is 0 Å². The molecule has 5 rings (SSSR count). The van der Waals surface area contributed by atoms with Gasteiger partial charge in [0, 0.05) is 34.4 Å². The summed E-state index contributed by atoms with van der Waals surface area (Å²) in [5, 5.41) is 4.73. The van der Waals surface area contributed by atoms with Gasteiger partial charge in [-0.05, 0) is 49.7 Å². The number of thioether (sulfide) groups is 1. The third-order valence-corrected chi connectivity index (χ3v) is 7.80. The Bertz CT molecular complexity index is 1160. The number of aromatic nitrogens is 1. The lowest BCUT2D eigenvalue weighted by Gasteiger charge is -2.29. The fourth-order valence-corrected chi connectivity index (χ4v) is 6.16. The standard InChI is InChI=1S/C25H27ClN4O2S/c26-18-7-5-6-17(12-18)22(29-10-3-4-11-29)14-28-24(31)23-15-33-16-30(23)25(32)20-13-27-21-9-2-1-8-19(20)21/h1-2,5-9,12-13,22-23,27H,3-4,10-11,14-16H2,(H,28,31). The number of amides is 2. The van der Waals surface area contributed by atoms with Crippen LogP contribution in [0.15, 0.2) is 54.7 Å². The average Bonchev–Trinajstić information content (AvgIpc) is 3.59. The zero-order valence-corrected chi connectivity index (χ0v) is 19.9. The van der Waals surface area contributed by atoms with Crippen molar-refractivity contribution >= 4 is 46.1 Å². The van der Waals surface area contributed by atoms with Crippen molar-refractivity contribution in [2.75, 3.05) is 31.3 Å². The summed E-state index contributed by atoms with van der Waals surface area (Å²) in [6.45, 7) is 2.52. The van der Waals surface area contributed by atoms with Crippen molar-refractivity contribution in [3.05, 3.63) is 70.9 Å². The van der Waals surface area contributed by atoms with Crippen LogP contribution in [0.4, 0.5) is 0 Å². The number of hydrogen-bond acceptors (Lipinski definition) is 4. The van der Waals surface area contributed by atoms with Crippen LogP contribution in [0.1, 0.15) is 34.8 Å². The van der Waals surface area contributed by atoms with E-state index in [0.29, 0.717) is 28.8 Å². The Morgan fingerprint density at radius 3 is 2.79 bits per heavy atom. The van der Waals surface area contributed by atoms with Gasteiger partial charge in [0.25, 0.3) is 5.91 Å². The first-order valence-electron chi connectivity index (χ1n) is 11.3. The summed E-state index contributed by atoms with van der Waals surface area (Å²) in [4.78, 5) is 33.8. The summed E-state index contributed by atoms with van der Waals surface area (Å²) < 4.78 is 0. The molecule has 172 valence electrons. The predicted molar refractivity (Wildman–Crippen MR) is 134 cm³/mol. The highest BCUT2D eigenvalue weighted by atomic mass is 35.5. The summed E-state index contributed by atoms with van der Waals surface area (Å²) >= 11 is 7.86. The van der Waals surface area contributed by atoms with Crippen molar-refractivity contribution in [1.29, 1.82) is 0 Å². The smallest absolute Gasteiger partial charge is 0.257 e. The number of nitrogens with one attached hydrogen (secondary N) is 2. The summed E-state index contributed by atoms with van der Waals surface area (Å²) in [7, 11) is 0. The zero-order valence-electron chi connectivity index (χ0n) is 18.3. The molecule has 2 amide bonds. The van der Waals surface area contributed by atoms with E-state index in [0.717, 1.165) is 42.4 Å². The molecule has 33 heavy (non-hydrogen) atoms. The Balaban J connectivity index is 1.30. The van der Waals surface area contributed by atoms with Crippen molar-refractivity contribution in [1.82, 2.24) is 20.1 Å². The van der Waals surface area contributed by atoms with Crippen LogP contribution in [0, 0.1) is 0 Å². The molecule has 2 fully saturated rings. The van der Waals surface area contributed by atoms with E-state index >= 15 is 0 Å². The number of fused-ring (bicyclic) bond motifs is 1. The maximum Gasteiger partial charge on any atom is 0.257 e. The van der Waals surface area contributed by atoms with E-state index in [-0.39, 0.29) is 17.9 Å². The van der Waals surface area contributed by atoms with Crippen molar-refractivity contribution < 1.29 is 9.59 Å². The number of likely N-dealkylation sites (tertiary alicyclic amines) is 1. The molecule has 8 heteroatoms. The Labute approximate surface area is 202 Å². The van der Waals surface area contributed by atoms with Crippen LogP contribution in [-0.2, 0) is 4.79 Å². The SMILES string of the molecule is O=C(NCC(c1cccc(Cl)c1)N1CCCC1)C1CSCN1C(=O)c1c[nH]c2ccccc12. The number of benzene rings is 2. The van der Waals surface area contributed by atoms with Gasteiger partial charge in [0.05, 0.1) is 17.5 Å². The molecule has 0 spiro atoms. The highest BCUT2D eigenvalue weighted by molar-refractivity contribution is 7.99. The van der Waals surface area contributed by atoms with E-state index in [2.05, 4.69) is 21.3 Å². The van der Waals surface area contributed by atoms with Crippen LogP contribution in [0.3, 0.4) is 0 Å². The Kier molecular flexibility index (Phi) is 6.62. The normalized spacial score (nSPS) is 19.8. The van der Waals surface area contributed by atoms with Gasteiger partial charge in [0.2, 0.25) is 5.91 Å². The number of para-hydroxylation sites is 1. The quantitative estimate of drug-likeness (QED) is 0.550. The molecule has 3 heterocycles. The molecule has 0 radical (unpaired) electrons. The van der Waals surface area contributed by atoms with Crippen LogP contribution < -0.4 is 5.32 Å². The maximum absolute atomic E-state index is 13.3. The van der Waals surface area contributed by atoms with E-state index < -0.39 is 6.04 Å².